The molecule has 2 rings (SSSR count). The number of aromatic carboxylic acids is 1. The molecule has 2 aromatic rings. The number of rotatable bonds is 5. The van der Waals surface area contributed by atoms with Crippen LogP contribution >= 0.6 is 23.6 Å². The molecule has 0 unspecified atom stereocenters. The Balaban J connectivity index is 0. The van der Waals surface area contributed by atoms with Crippen molar-refractivity contribution in [3.05, 3.63) is 68.1 Å². The quantitative estimate of drug-likeness (QED) is 0.479. The van der Waals surface area contributed by atoms with Gasteiger partial charge in [0.15, 0.2) is 0 Å². The van der Waals surface area contributed by atoms with Gasteiger partial charge in [-0.25, -0.2) is 21.6 Å². The minimum absolute atomic E-state index is 0. The van der Waals surface area contributed by atoms with Crippen molar-refractivity contribution in [2.24, 2.45) is 0 Å². The third kappa shape index (κ3) is 9.41. The van der Waals surface area contributed by atoms with Crippen LogP contribution in [0.5, 0.6) is 0 Å². The van der Waals surface area contributed by atoms with Crippen molar-refractivity contribution in [3.8, 4) is 0 Å². The first kappa shape index (κ1) is 30.5. The predicted molar refractivity (Wildman–Crippen MR) is 97.4 cm³/mol. The molecule has 0 aliphatic rings. The largest absolute Gasteiger partial charge is 1.00 e. The summed E-state index contributed by atoms with van der Waals surface area (Å²) in [5.74, 6) is -1.13. The Labute approximate surface area is 217 Å². The van der Waals surface area contributed by atoms with Crippen LogP contribution < -0.4 is 59.1 Å². The first-order valence-electron chi connectivity index (χ1n) is 6.60. The van der Waals surface area contributed by atoms with Crippen molar-refractivity contribution in [2.75, 3.05) is 0 Å². The summed E-state index contributed by atoms with van der Waals surface area (Å²) in [4.78, 5) is 10.4. The molecule has 142 valence electrons. The second-order valence-electron chi connectivity index (χ2n) is 4.73. The van der Waals surface area contributed by atoms with Crippen LogP contribution in [0.1, 0.15) is 15.9 Å². The molecular formula is C14H12Cl2N2Na2O6S2. The minimum atomic E-state index is -3.84. The van der Waals surface area contributed by atoms with E-state index in [1.807, 2.05) is 6.92 Å². The van der Waals surface area contributed by atoms with Crippen molar-refractivity contribution in [1.29, 1.82) is 0 Å². The Kier molecular flexibility index (Phi) is 14.8. The first-order valence-corrected chi connectivity index (χ1v) is 10.2. The SMILES string of the molecule is Cc1ccc(S(=O)(=O)[N-]Cl)cc1.O=C(O)c1ccc(S(=O)(=O)[N-]Cl)cc1.[Na+].[Na+]. The molecular weight excluding hydrogens is 473 g/mol. The number of nitrogens with zero attached hydrogens (tertiary/aromatic N) is 2. The number of benzene rings is 2. The fourth-order valence-electron chi connectivity index (χ4n) is 1.56. The van der Waals surface area contributed by atoms with Gasteiger partial charge in [-0.05, 0) is 43.3 Å². The number of hydrogen-bond acceptors (Lipinski definition) is 5. The molecule has 0 amide bonds. The van der Waals surface area contributed by atoms with Gasteiger partial charge in [0.25, 0.3) is 0 Å². The van der Waals surface area contributed by atoms with Crippen molar-refractivity contribution in [1.82, 2.24) is 0 Å². The fraction of sp³-hybridized carbons (Fsp3) is 0.0714. The number of halogens is 2. The van der Waals surface area contributed by atoms with Gasteiger partial charge in [0.2, 0.25) is 0 Å². The van der Waals surface area contributed by atoms with Crippen LogP contribution in [0.2, 0.25) is 0 Å². The van der Waals surface area contributed by atoms with Crippen LogP contribution in [-0.4, -0.2) is 27.9 Å². The Bertz CT molecular complexity index is 970. The number of carboxylic acids is 1. The van der Waals surface area contributed by atoms with Crippen LogP contribution in [0.25, 0.3) is 8.48 Å². The van der Waals surface area contributed by atoms with Crippen molar-refractivity contribution in [2.45, 2.75) is 16.7 Å². The second-order valence-corrected chi connectivity index (χ2v) is 8.68. The van der Waals surface area contributed by atoms with Gasteiger partial charge in [-0.15, -0.1) is 0 Å². The molecule has 0 aromatic heterocycles. The molecule has 28 heavy (non-hydrogen) atoms. The van der Waals surface area contributed by atoms with Gasteiger partial charge in [0, 0.05) is 9.79 Å². The molecule has 0 heterocycles. The maximum atomic E-state index is 11.0. The summed E-state index contributed by atoms with van der Waals surface area (Å²) in [6.45, 7) is 1.87. The summed E-state index contributed by atoms with van der Waals surface area (Å²) in [7, 11) is -7.47. The zero-order chi connectivity index (χ0) is 20.0. The zero-order valence-corrected chi connectivity index (χ0v) is 22.2. The van der Waals surface area contributed by atoms with E-state index in [0.29, 0.717) is 0 Å². The summed E-state index contributed by atoms with van der Waals surface area (Å²) in [5.41, 5.74) is 0.988. The van der Waals surface area contributed by atoms with Crippen molar-refractivity contribution in [3.63, 3.8) is 0 Å². The molecule has 0 aliphatic heterocycles. The average molecular weight is 485 g/mol. The monoisotopic (exact) mass is 484 g/mol. The van der Waals surface area contributed by atoms with E-state index in [1.54, 1.807) is 12.1 Å². The molecule has 0 aliphatic carbocycles. The molecule has 0 fully saturated rings. The van der Waals surface area contributed by atoms with Crippen molar-refractivity contribution < 1.29 is 85.9 Å². The third-order valence-electron chi connectivity index (χ3n) is 2.90. The average Bonchev–Trinajstić information content (AvgIpc) is 2.62. The van der Waals surface area contributed by atoms with E-state index < -0.39 is 26.0 Å². The molecule has 0 radical (unpaired) electrons. The van der Waals surface area contributed by atoms with Crippen LogP contribution in [0, 0.1) is 6.92 Å². The van der Waals surface area contributed by atoms with Crippen LogP contribution in [0.15, 0.2) is 58.3 Å². The van der Waals surface area contributed by atoms with Gasteiger partial charge in [0.1, 0.15) is 20.0 Å². The molecule has 14 heteroatoms. The topological polar surface area (TPSA) is 134 Å². The number of sulfonamides is 2. The smallest absolute Gasteiger partial charge is 0.478 e. The number of hydrogen-bond donors (Lipinski definition) is 1. The maximum absolute atomic E-state index is 11.0. The van der Waals surface area contributed by atoms with E-state index in [1.165, 1.54) is 12.1 Å². The summed E-state index contributed by atoms with van der Waals surface area (Å²) < 4.78 is 49.5. The maximum Gasteiger partial charge on any atom is 1.00 e. The number of carbonyl (C=O) groups is 1. The van der Waals surface area contributed by atoms with E-state index in [4.69, 9.17) is 28.7 Å². The van der Waals surface area contributed by atoms with Gasteiger partial charge >= 0.3 is 65.1 Å². The van der Waals surface area contributed by atoms with E-state index >= 15 is 0 Å². The summed E-state index contributed by atoms with van der Waals surface area (Å²) in [6.07, 6.45) is 0. The first-order chi connectivity index (χ1) is 12.0. The molecule has 0 saturated carbocycles. The van der Waals surface area contributed by atoms with Gasteiger partial charge in [0.05, 0.1) is 5.56 Å². The number of aryl methyl sites for hydroxylation is 1. The van der Waals surface area contributed by atoms with Gasteiger partial charge in [-0.3, -0.25) is 23.6 Å². The molecule has 0 saturated heterocycles. The molecule has 0 spiro atoms. The standard InChI is InChI=1S/C7H5ClNO4S.C7H7ClNO2S.2Na/c8-9-14(12,13)6-3-1-5(2-4-6)7(10)11;1-6-2-4-7(5-3-6)12(10,11)9-8;;/h1-4H,(H,10,11);2-5H,1H3;;/q2*-1;2*+1. The molecule has 1 N–H and O–H groups in total. The van der Waals surface area contributed by atoms with E-state index in [9.17, 15) is 21.6 Å². The number of carboxylic acid groups (broad SMARTS) is 1. The summed E-state index contributed by atoms with van der Waals surface area (Å²) in [6, 6.07) is 10.9. The molecule has 8 nitrogen and oxygen atoms in total. The third-order valence-corrected chi connectivity index (χ3v) is 6.09. The fourth-order valence-corrected chi connectivity index (χ4v) is 3.16. The van der Waals surface area contributed by atoms with Gasteiger partial charge in [-0.2, -0.15) is 0 Å². The van der Waals surface area contributed by atoms with Crippen molar-refractivity contribution >= 4 is 49.6 Å². The minimum Gasteiger partial charge on any atom is -0.478 e. The van der Waals surface area contributed by atoms with E-state index in [-0.39, 0.29) is 74.5 Å². The summed E-state index contributed by atoms with van der Waals surface area (Å²) in [5, 5.41) is 8.54. The Morgan fingerprint density at radius 3 is 1.39 bits per heavy atom. The van der Waals surface area contributed by atoms with Crippen LogP contribution in [0.4, 0.5) is 0 Å². The second kappa shape index (κ2) is 13.6. The molecule has 0 bridgehead atoms. The van der Waals surface area contributed by atoms with Crippen LogP contribution in [-0.2, 0) is 20.0 Å². The molecule has 0 atom stereocenters. The Morgan fingerprint density at radius 1 is 0.786 bits per heavy atom. The van der Waals surface area contributed by atoms with Gasteiger partial charge < -0.3 is 13.6 Å². The van der Waals surface area contributed by atoms with E-state index in [0.717, 1.165) is 29.8 Å². The Hall–Kier alpha value is 0.310. The van der Waals surface area contributed by atoms with Crippen LogP contribution in [0.3, 0.4) is 0 Å². The normalized spacial score (nSPS) is 10.5. The van der Waals surface area contributed by atoms with Gasteiger partial charge in [-0.1, -0.05) is 17.7 Å². The summed E-state index contributed by atoms with van der Waals surface area (Å²) >= 11 is 9.76. The zero-order valence-electron chi connectivity index (χ0n) is 15.1. The predicted octanol–water partition coefficient (Wildman–Crippen LogP) is -2.18. The molecule has 2 aromatic carbocycles. The Morgan fingerprint density at radius 2 is 1.11 bits per heavy atom. The van der Waals surface area contributed by atoms with E-state index in [2.05, 4.69) is 8.48 Å².